The molecule has 58 valence electrons. The minimum atomic E-state index is 0.356. The van der Waals surface area contributed by atoms with Gasteiger partial charge in [0, 0.05) is 7.11 Å². The zero-order valence-corrected chi connectivity index (χ0v) is 6.62. The fourth-order valence-corrected chi connectivity index (χ4v) is 0.817. The summed E-state index contributed by atoms with van der Waals surface area (Å²) in [5.41, 5.74) is 1.17. The van der Waals surface area contributed by atoms with Crippen LogP contribution in [0.15, 0.2) is 30.3 Å². The first kappa shape index (κ1) is 8.30. The fourth-order valence-electron chi connectivity index (χ4n) is 0.817. The second kappa shape index (κ2) is 4.94. The molecule has 0 aliphatic carbocycles. The zero-order valence-electron chi connectivity index (χ0n) is 6.62. The molecule has 3 heteroatoms. The van der Waals surface area contributed by atoms with Gasteiger partial charge in [-0.2, -0.15) is 0 Å². The van der Waals surface area contributed by atoms with Gasteiger partial charge in [-0.15, -0.1) is 0 Å². The smallest absolute Gasteiger partial charge is 0.417 e. The summed E-state index contributed by atoms with van der Waals surface area (Å²) in [6.07, 6.45) is 0. The van der Waals surface area contributed by atoms with Gasteiger partial charge in [-0.05, 0) is 5.56 Å². The summed E-state index contributed by atoms with van der Waals surface area (Å²) in [7, 11) is 1.97. The van der Waals surface area contributed by atoms with Crippen molar-refractivity contribution in [2.75, 3.05) is 7.11 Å². The summed E-state index contributed by atoms with van der Waals surface area (Å²) in [5, 5.41) is 0. The molecule has 0 saturated heterocycles. The maximum atomic E-state index is 5.15. The van der Waals surface area contributed by atoms with E-state index in [4.69, 9.17) is 9.31 Å². The molecule has 0 amide bonds. The molecule has 0 fully saturated rings. The van der Waals surface area contributed by atoms with Crippen molar-refractivity contribution >= 4 is 7.69 Å². The molecule has 11 heavy (non-hydrogen) atoms. The number of rotatable bonds is 4. The van der Waals surface area contributed by atoms with Crippen LogP contribution in [0.1, 0.15) is 5.56 Å². The summed E-state index contributed by atoms with van der Waals surface area (Å²) in [5.74, 6) is 0. The molecule has 0 saturated carbocycles. The summed E-state index contributed by atoms with van der Waals surface area (Å²) >= 11 is 0. The van der Waals surface area contributed by atoms with Crippen LogP contribution in [-0.2, 0) is 15.9 Å². The lowest BCUT2D eigenvalue weighted by molar-refractivity contribution is 0.246. The van der Waals surface area contributed by atoms with E-state index in [9.17, 15) is 0 Å². The molecule has 0 unspecified atom stereocenters. The van der Waals surface area contributed by atoms with Crippen molar-refractivity contribution in [3.8, 4) is 0 Å². The predicted octanol–water partition coefficient (Wildman–Crippen LogP) is 1.12. The Bertz CT molecular complexity index is 189. The first-order valence-corrected chi connectivity index (χ1v) is 3.54. The van der Waals surface area contributed by atoms with Gasteiger partial charge in [0.2, 0.25) is 0 Å². The Kier molecular flexibility index (Phi) is 3.73. The average molecular weight is 150 g/mol. The zero-order chi connectivity index (χ0) is 7.94. The van der Waals surface area contributed by atoms with Crippen LogP contribution in [0.5, 0.6) is 0 Å². The van der Waals surface area contributed by atoms with E-state index >= 15 is 0 Å². The van der Waals surface area contributed by atoms with Gasteiger partial charge in [-0.1, -0.05) is 30.3 Å². The van der Waals surface area contributed by atoms with E-state index in [1.165, 1.54) is 5.56 Å². The molecule has 0 atom stereocenters. The molecule has 1 rings (SSSR count). The van der Waals surface area contributed by atoms with Crippen molar-refractivity contribution in [2.45, 2.75) is 6.61 Å². The van der Waals surface area contributed by atoms with Crippen LogP contribution in [0.25, 0.3) is 0 Å². The first-order valence-electron chi connectivity index (χ1n) is 3.54. The third-order valence-electron chi connectivity index (χ3n) is 1.31. The van der Waals surface area contributed by atoms with E-state index in [0.29, 0.717) is 14.3 Å². The standard InChI is InChI=1S/C8H11BO2/c1-10-9-11-7-8-5-3-2-4-6-8/h2-6,9H,7H2,1H3. The lowest BCUT2D eigenvalue weighted by atomic mass is 10.2. The van der Waals surface area contributed by atoms with Crippen LogP contribution < -0.4 is 0 Å². The normalized spacial score (nSPS) is 9.55. The summed E-state index contributed by atoms with van der Waals surface area (Å²) in [4.78, 5) is 0. The molecule has 0 radical (unpaired) electrons. The van der Waals surface area contributed by atoms with Gasteiger partial charge in [-0.25, -0.2) is 0 Å². The van der Waals surface area contributed by atoms with Gasteiger partial charge >= 0.3 is 7.69 Å². The minimum Gasteiger partial charge on any atom is -0.417 e. The average Bonchev–Trinajstić information content (AvgIpc) is 2.07. The van der Waals surface area contributed by atoms with Crippen LogP contribution >= 0.6 is 0 Å². The Balaban J connectivity index is 2.28. The second-order valence-corrected chi connectivity index (χ2v) is 2.24. The Morgan fingerprint density at radius 2 is 2.00 bits per heavy atom. The highest BCUT2D eigenvalue weighted by atomic mass is 16.6. The van der Waals surface area contributed by atoms with Crippen LogP contribution in [-0.4, -0.2) is 14.8 Å². The van der Waals surface area contributed by atoms with Gasteiger partial charge < -0.3 is 9.31 Å². The van der Waals surface area contributed by atoms with E-state index in [1.54, 1.807) is 7.11 Å². The van der Waals surface area contributed by atoms with Crippen LogP contribution in [0, 0.1) is 0 Å². The summed E-state index contributed by atoms with van der Waals surface area (Å²) in [6, 6.07) is 10.0. The highest BCUT2D eigenvalue weighted by molar-refractivity contribution is 6.17. The van der Waals surface area contributed by atoms with Gasteiger partial charge in [0.05, 0.1) is 6.61 Å². The third kappa shape index (κ3) is 3.21. The van der Waals surface area contributed by atoms with Gasteiger partial charge in [0.15, 0.2) is 0 Å². The van der Waals surface area contributed by atoms with E-state index in [2.05, 4.69) is 0 Å². The Morgan fingerprint density at radius 1 is 1.27 bits per heavy atom. The molecule has 1 aromatic rings. The highest BCUT2D eigenvalue weighted by Crippen LogP contribution is 1.99. The van der Waals surface area contributed by atoms with E-state index < -0.39 is 0 Å². The lowest BCUT2D eigenvalue weighted by Gasteiger charge is -2.00. The largest absolute Gasteiger partial charge is 0.438 e. The Hall–Kier alpha value is -0.795. The van der Waals surface area contributed by atoms with Crippen molar-refractivity contribution in [3.63, 3.8) is 0 Å². The second-order valence-electron chi connectivity index (χ2n) is 2.24. The first-order chi connectivity index (χ1) is 5.43. The molecule has 0 heterocycles. The van der Waals surface area contributed by atoms with Gasteiger partial charge in [0.25, 0.3) is 0 Å². The maximum Gasteiger partial charge on any atom is 0.438 e. The van der Waals surface area contributed by atoms with Crippen molar-refractivity contribution < 1.29 is 9.31 Å². The number of benzene rings is 1. The quantitative estimate of drug-likeness (QED) is 0.472. The highest BCUT2D eigenvalue weighted by Gasteiger charge is 1.90. The maximum absolute atomic E-state index is 5.15. The molecule has 0 N–H and O–H groups in total. The molecular formula is C8H11BO2. The summed E-state index contributed by atoms with van der Waals surface area (Å²) < 4.78 is 9.89. The molecule has 0 aliphatic rings. The third-order valence-corrected chi connectivity index (χ3v) is 1.31. The molecule has 1 aromatic carbocycles. The van der Waals surface area contributed by atoms with Crippen molar-refractivity contribution in [1.29, 1.82) is 0 Å². The van der Waals surface area contributed by atoms with Crippen LogP contribution in [0.3, 0.4) is 0 Å². The van der Waals surface area contributed by atoms with Gasteiger partial charge in [-0.3, -0.25) is 0 Å². The minimum absolute atomic E-state index is 0.356. The Morgan fingerprint density at radius 3 is 2.64 bits per heavy atom. The monoisotopic (exact) mass is 150 g/mol. The topological polar surface area (TPSA) is 18.5 Å². The fraction of sp³-hybridized carbons (Fsp3) is 0.250. The van der Waals surface area contributed by atoms with E-state index in [1.807, 2.05) is 30.3 Å². The molecule has 0 aliphatic heterocycles. The van der Waals surface area contributed by atoms with Crippen LogP contribution in [0.2, 0.25) is 0 Å². The Labute approximate surface area is 67.4 Å². The molecule has 0 spiro atoms. The van der Waals surface area contributed by atoms with Crippen molar-refractivity contribution in [2.24, 2.45) is 0 Å². The van der Waals surface area contributed by atoms with Crippen LogP contribution in [0.4, 0.5) is 0 Å². The number of hydrogen-bond acceptors (Lipinski definition) is 2. The van der Waals surface area contributed by atoms with Gasteiger partial charge in [0.1, 0.15) is 0 Å². The molecule has 0 aromatic heterocycles. The SMILES string of the molecule is COBOCc1ccccc1. The van der Waals surface area contributed by atoms with E-state index in [-0.39, 0.29) is 0 Å². The molecular weight excluding hydrogens is 139 g/mol. The summed E-state index contributed by atoms with van der Waals surface area (Å²) in [6.45, 7) is 0.620. The molecule has 0 bridgehead atoms. The van der Waals surface area contributed by atoms with Crippen molar-refractivity contribution in [3.05, 3.63) is 35.9 Å². The number of hydrogen-bond donors (Lipinski definition) is 0. The molecule has 2 nitrogen and oxygen atoms in total. The van der Waals surface area contributed by atoms with Crippen molar-refractivity contribution in [1.82, 2.24) is 0 Å². The lowest BCUT2D eigenvalue weighted by Crippen LogP contribution is -2.00. The van der Waals surface area contributed by atoms with E-state index in [0.717, 1.165) is 0 Å². The predicted molar refractivity (Wildman–Crippen MR) is 45.4 cm³/mol.